The van der Waals surface area contributed by atoms with Crippen molar-refractivity contribution in [2.75, 3.05) is 18.5 Å². The number of fused-ring (bicyclic) bond motifs is 1. The summed E-state index contributed by atoms with van der Waals surface area (Å²) < 4.78 is 33.6. The molecule has 2 heterocycles. The largest absolute Gasteiger partial charge is 0.450 e. The Kier molecular flexibility index (Phi) is 10.4. The Morgan fingerprint density at radius 3 is 2.30 bits per heavy atom. The molecule has 0 fully saturated rings. The highest BCUT2D eigenvalue weighted by Crippen LogP contribution is 2.37. The van der Waals surface area contributed by atoms with Crippen LogP contribution in [0.2, 0.25) is 0 Å². The Morgan fingerprint density at radius 2 is 1.68 bits per heavy atom. The molecule has 0 radical (unpaired) electrons. The number of carbonyl (C=O) groups is 4. The van der Waals surface area contributed by atoms with Crippen molar-refractivity contribution < 1.29 is 32.3 Å². The van der Waals surface area contributed by atoms with Gasteiger partial charge in [0.1, 0.15) is 5.00 Å². The third-order valence-electron chi connectivity index (χ3n) is 6.87. The van der Waals surface area contributed by atoms with Gasteiger partial charge in [-0.25, -0.2) is 13.2 Å². The summed E-state index contributed by atoms with van der Waals surface area (Å²) in [6.07, 6.45) is -0.137. The Hall–Kier alpha value is -4.27. The second-order valence-electron chi connectivity index (χ2n) is 10.3. The van der Waals surface area contributed by atoms with E-state index in [1.54, 1.807) is 20.8 Å². The van der Waals surface area contributed by atoms with Gasteiger partial charge in [0, 0.05) is 36.5 Å². The highest BCUT2D eigenvalue weighted by Gasteiger charge is 2.32. The average Bonchev–Trinajstić information content (AvgIpc) is 3.36. The van der Waals surface area contributed by atoms with Crippen LogP contribution in [-0.2, 0) is 39.1 Å². The van der Waals surface area contributed by atoms with Gasteiger partial charge in [0.15, 0.2) is 0 Å². The van der Waals surface area contributed by atoms with Crippen LogP contribution in [-0.4, -0.2) is 60.6 Å². The van der Waals surface area contributed by atoms with Crippen molar-refractivity contribution in [2.24, 2.45) is 0 Å². The van der Waals surface area contributed by atoms with Crippen LogP contribution in [0.15, 0.2) is 59.5 Å². The zero-order chi connectivity index (χ0) is 32.0. The summed E-state index contributed by atoms with van der Waals surface area (Å²) in [4.78, 5) is 52.4. The van der Waals surface area contributed by atoms with Gasteiger partial charge in [-0.15, -0.1) is 11.3 Å². The molecule has 1 aliphatic heterocycles. The maximum atomic E-state index is 13.5. The number of nitrogens with one attached hydrogen (secondary N) is 3. The van der Waals surface area contributed by atoms with Gasteiger partial charge in [-0.1, -0.05) is 30.3 Å². The predicted molar refractivity (Wildman–Crippen MR) is 165 cm³/mol. The number of thiophene rings is 1. The van der Waals surface area contributed by atoms with E-state index in [4.69, 9.17) is 4.74 Å². The fourth-order valence-electron chi connectivity index (χ4n) is 4.71. The van der Waals surface area contributed by atoms with E-state index in [-0.39, 0.29) is 46.8 Å². The number of benzene rings is 2. The SMILES string of the molecule is CCOC(=O)N1CCc2c(sc(NC(=O)c3ccc(S(=O)(=O)N(Cc4ccccc4)C(C)C)cc3)c2C(=O)NNC(C)=O)C1. The van der Waals surface area contributed by atoms with Crippen molar-refractivity contribution in [1.29, 1.82) is 0 Å². The van der Waals surface area contributed by atoms with Gasteiger partial charge in [0.25, 0.3) is 11.8 Å². The minimum atomic E-state index is -3.88. The Bertz CT molecular complexity index is 1640. The summed E-state index contributed by atoms with van der Waals surface area (Å²) in [6, 6.07) is 14.6. The number of hydrogen-bond donors (Lipinski definition) is 3. The molecule has 0 aliphatic carbocycles. The third kappa shape index (κ3) is 7.44. The molecule has 0 bridgehead atoms. The molecule has 3 N–H and O–H groups in total. The van der Waals surface area contributed by atoms with Gasteiger partial charge in [0.2, 0.25) is 15.9 Å². The maximum absolute atomic E-state index is 13.5. The van der Waals surface area contributed by atoms with Gasteiger partial charge in [-0.3, -0.25) is 25.2 Å². The van der Waals surface area contributed by atoms with Gasteiger partial charge in [-0.05, 0) is 62.6 Å². The van der Waals surface area contributed by atoms with Crippen LogP contribution >= 0.6 is 11.3 Å². The number of sulfonamides is 1. The normalized spacial score (nSPS) is 12.9. The van der Waals surface area contributed by atoms with Crippen LogP contribution in [0.25, 0.3) is 0 Å². The van der Waals surface area contributed by atoms with Crippen molar-refractivity contribution in [1.82, 2.24) is 20.1 Å². The van der Waals surface area contributed by atoms with Crippen molar-refractivity contribution in [3.05, 3.63) is 81.7 Å². The van der Waals surface area contributed by atoms with Gasteiger partial charge in [0.05, 0.1) is 23.6 Å². The number of carbonyl (C=O) groups excluding carboxylic acids is 4. The van der Waals surface area contributed by atoms with Crippen molar-refractivity contribution >= 4 is 50.2 Å². The number of hydrogen-bond acceptors (Lipinski definition) is 8. The lowest BCUT2D eigenvalue weighted by molar-refractivity contribution is -0.119. The van der Waals surface area contributed by atoms with Gasteiger partial charge < -0.3 is 15.0 Å². The highest BCUT2D eigenvalue weighted by atomic mass is 32.2. The average molecular weight is 642 g/mol. The summed E-state index contributed by atoms with van der Waals surface area (Å²) >= 11 is 1.14. The highest BCUT2D eigenvalue weighted by molar-refractivity contribution is 7.89. The second kappa shape index (κ2) is 14.0. The number of rotatable bonds is 9. The van der Waals surface area contributed by atoms with Crippen LogP contribution in [0.3, 0.4) is 0 Å². The molecular formula is C30H35N5O7S2. The Labute approximate surface area is 260 Å². The lowest BCUT2D eigenvalue weighted by atomic mass is 10.0. The first-order valence-electron chi connectivity index (χ1n) is 14.0. The molecule has 0 saturated heterocycles. The molecule has 12 nitrogen and oxygen atoms in total. The van der Waals surface area contributed by atoms with Crippen LogP contribution in [0, 0.1) is 0 Å². The van der Waals surface area contributed by atoms with Gasteiger partial charge in [-0.2, -0.15) is 4.31 Å². The minimum absolute atomic E-state index is 0.0414. The molecule has 0 unspecified atom stereocenters. The molecule has 0 saturated carbocycles. The lowest BCUT2D eigenvalue weighted by Crippen LogP contribution is -2.41. The molecule has 3 aromatic rings. The maximum Gasteiger partial charge on any atom is 0.410 e. The van der Waals surface area contributed by atoms with E-state index in [1.165, 1.54) is 40.4 Å². The molecule has 0 spiro atoms. The Morgan fingerprint density at radius 1 is 1.00 bits per heavy atom. The summed E-state index contributed by atoms with van der Waals surface area (Å²) in [5.41, 5.74) is 6.47. The van der Waals surface area contributed by atoms with Crippen molar-refractivity contribution in [2.45, 2.75) is 58.1 Å². The smallest absolute Gasteiger partial charge is 0.410 e. The first-order valence-corrected chi connectivity index (χ1v) is 16.3. The predicted octanol–water partition coefficient (Wildman–Crippen LogP) is 3.90. The molecule has 1 aliphatic rings. The minimum Gasteiger partial charge on any atom is -0.450 e. The zero-order valence-corrected chi connectivity index (χ0v) is 26.5. The number of hydrazine groups is 1. The first-order chi connectivity index (χ1) is 20.9. The summed E-state index contributed by atoms with van der Waals surface area (Å²) in [5, 5.41) is 3.00. The molecule has 44 heavy (non-hydrogen) atoms. The fraction of sp³-hybridized carbons (Fsp3) is 0.333. The molecule has 14 heteroatoms. The third-order valence-corrected chi connectivity index (χ3v) is 10.0. The molecule has 234 valence electrons. The summed E-state index contributed by atoms with van der Waals surface area (Å²) in [5.74, 6) is -1.66. The van der Waals surface area contributed by atoms with Crippen LogP contribution in [0.5, 0.6) is 0 Å². The topological polar surface area (TPSA) is 154 Å². The molecule has 4 rings (SSSR count). The lowest BCUT2D eigenvalue weighted by Gasteiger charge is -2.26. The van der Waals surface area contributed by atoms with E-state index in [9.17, 15) is 27.6 Å². The summed E-state index contributed by atoms with van der Waals surface area (Å²) in [6.45, 7) is 7.48. The molecule has 4 amide bonds. The van der Waals surface area contributed by atoms with Crippen LogP contribution < -0.4 is 16.2 Å². The van der Waals surface area contributed by atoms with Crippen molar-refractivity contribution in [3.8, 4) is 0 Å². The number of amides is 4. The molecule has 1 aromatic heterocycles. The van der Waals surface area contributed by atoms with Crippen LogP contribution in [0.4, 0.5) is 9.80 Å². The molecular weight excluding hydrogens is 606 g/mol. The van der Waals surface area contributed by atoms with E-state index in [0.29, 0.717) is 23.4 Å². The molecule has 0 atom stereocenters. The van der Waals surface area contributed by atoms with Gasteiger partial charge >= 0.3 is 6.09 Å². The number of anilines is 1. The summed E-state index contributed by atoms with van der Waals surface area (Å²) in [7, 11) is -3.88. The quantitative estimate of drug-likeness (QED) is 0.300. The monoisotopic (exact) mass is 641 g/mol. The number of ether oxygens (including phenoxy) is 1. The zero-order valence-electron chi connectivity index (χ0n) is 24.9. The molecule has 2 aromatic carbocycles. The van der Waals surface area contributed by atoms with E-state index >= 15 is 0 Å². The van der Waals surface area contributed by atoms with E-state index < -0.39 is 33.8 Å². The fourth-order valence-corrected chi connectivity index (χ4v) is 7.59. The Balaban J connectivity index is 1.57. The van der Waals surface area contributed by atoms with E-state index in [1.807, 2.05) is 30.3 Å². The van der Waals surface area contributed by atoms with Crippen molar-refractivity contribution in [3.63, 3.8) is 0 Å². The number of nitrogens with zero attached hydrogens (tertiary/aromatic N) is 2. The first kappa shape index (κ1) is 32.6. The van der Waals surface area contributed by atoms with Crippen LogP contribution in [0.1, 0.15) is 64.4 Å². The second-order valence-corrected chi connectivity index (χ2v) is 13.3. The van der Waals surface area contributed by atoms with E-state index in [2.05, 4.69) is 16.2 Å². The standard InChI is InChI=1S/C30H35N5O7S2/c1-5-42-30(39)34-16-15-24-25(18-34)43-29(26(24)28(38)33-32-20(4)36)31-27(37)22-11-13-23(14-12-22)44(40,41)35(19(2)3)17-21-9-7-6-8-10-21/h6-14,19H,5,15-18H2,1-4H3,(H,31,37)(H,32,36)(H,33,38). The van der Waals surface area contributed by atoms with E-state index in [0.717, 1.165) is 16.9 Å².